The molecule has 1 heterocycles. The summed E-state index contributed by atoms with van der Waals surface area (Å²) in [5.41, 5.74) is 7.89. The summed E-state index contributed by atoms with van der Waals surface area (Å²) in [6.07, 6.45) is 0.927. The minimum atomic E-state index is 0.0809. The Labute approximate surface area is 130 Å². The lowest BCUT2D eigenvalue weighted by atomic mass is 10.1. The highest BCUT2D eigenvalue weighted by Crippen LogP contribution is 2.24. The van der Waals surface area contributed by atoms with Crippen molar-refractivity contribution in [2.24, 2.45) is 11.7 Å². The molecule has 1 atom stereocenters. The fraction of sp³-hybridized carbons (Fsp3) is 0.714. The van der Waals surface area contributed by atoms with Crippen LogP contribution in [0, 0.1) is 11.3 Å². The summed E-state index contributed by atoms with van der Waals surface area (Å²) in [6, 6.07) is 0. The fourth-order valence-electron chi connectivity index (χ4n) is 2.17. The van der Waals surface area contributed by atoms with Gasteiger partial charge in [-0.15, -0.1) is 0 Å². The molecular weight excluding hydrogens is 318 g/mol. The van der Waals surface area contributed by atoms with Gasteiger partial charge in [-0.25, -0.2) is 0 Å². The van der Waals surface area contributed by atoms with Crippen LogP contribution in [0.15, 0.2) is 4.47 Å². The van der Waals surface area contributed by atoms with Gasteiger partial charge in [0.15, 0.2) is 0 Å². The molecule has 3 N–H and O–H groups in total. The number of amidine groups is 1. The van der Waals surface area contributed by atoms with Crippen LogP contribution >= 0.6 is 15.9 Å². The number of nitrogens with two attached hydrogens (primary N) is 1. The molecule has 0 radical (unpaired) electrons. The highest BCUT2D eigenvalue weighted by Gasteiger charge is 2.18. The summed E-state index contributed by atoms with van der Waals surface area (Å²) in [7, 11) is 0. The molecule has 0 bridgehead atoms. The molecule has 0 aliphatic carbocycles. The van der Waals surface area contributed by atoms with E-state index in [1.54, 1.807) is 0 Å². The zero-order valence-corrected chi connectivity index (χ0v) is 14.5. The van der Waals surface area contributed by atoms with Crippen molar-refractivity contribution in [2.75, 3.05) is 13.1 Å². The molecule has 114 valence electrons. The van der Waals surface area contributed by atoms with E-state index in [1.807, 2.05) is 6.92 Å². The molecule has 0 amide bonds. The Bertz CT molecular complexity index is 455. The van der Waals surface area contributed by atoms with Crippen molar-refractivity contribution < 1.29 is 0 Å². The minimum absolute atomic E-state index is 0.0809. The third kappa shape index (κ3) is 4.06. The molecule has 5 nitrogen and oxygen atoms in total. The van der Waals surface area contributed by atoms with Gasteiger partial charge in [-0.05, 0) is 35.8 Å². The number of nitrogens with zero attached hydrogens (tertiary/aromatic N) is 3. The fourth-order valence-corrected chi connectivity index (χ4v) is 2.86. The highest BCUT2D eigenvalue weighted by atomic mass is 79.9. The van der Waals surface area contributed by atoms with Crippen molar-refractivity contribution in [3.63, 3.8) is 0 Å². The topological polar surface area (TPSA) is 70.9 Å². The van der Waals surface area contributed by atoms with E-state index < -0.39 is 0 Å². The maximum atomic E-state index is 7.53. The average molecular weight is 344 g/mol. The van der Waals surface area contributed by atoms with E-state index in [9.17, 15) is 0 Å². The van der Waals surface area contributed by atoms with Gasteiger partial charge in [0.25, 0.3) is 0 Å². The van der Waals surface area contributed by atoms with Crippen LogP contribution in [-0.2, 0) is 19.5 Å². The smallest absolute Gasteiger partial charge is 0.0947 e. The van der Waals surface area contributed by atoms with Crippen LogP contribution in [0.1, 0.15) is 39.1 Å². The number of hydrogen-bond acceptors (Lipinski definition) is 3. The number of halogens is 1. The second-order valence-electron chi connectivity index (χ2n) is 5.06. The van der Waals surface area contributed by atoms with Crippen molar-refractivity contribution in [2.45, 2.75) is 47.2 Å². The van der Waals surface area contributed by atoms with Crippen LogP contribution in [0.25, 0.3) is 0 Å². The third-order valence-corrected chi connectivity index (χ3v) is 4.49. The van der Waals surface area contributed by atoms with E-state index in [2.05, 4.69) is 51.4 Å². The van der Waals surface area contributed by atoms with Crippen LogP contribution in [-0.4, -0.2) is 33.6 Å². The second-order valence-corrected chi connectivity index (χ2v) is 5.85. The molecule has 0 saturated heterocycles. The summed E-state index contributed by atoms with van der Waals surface area (Å²) in [6.45, 7) is 11.8. The van der Waals surface area contributed by atoms with Gasteiger partial charge < -0.3 is 5.73 Å². The standard InChI is InChI=1S/C14H26BrN5/c1-5-11-13(15)12(20(7-3)18-11)9-19(6-2)8-10(4)14(16)17/h10H,5-9H2,1-4H3,(H3,16,17). The Morgan fingerprint density at radius 2 is 2.10 bits per heavy atom. The van der Waals surface area contributed by atoms with Crippen molar-refractivity contribution in [3.8, 4) is 0 Å². The molecule has 0 aliphatic rings. The highest BCUT2D eigenvalue weighted by molar-refractivity contribution is 9.10. The van der Waals surface area contributed by atoms with Crippen LogP contribution < -0.4 is 5.73 Å². The zero-order chi connectivity index (χ0) is 15.3. The molecule has 0 spiro atoms. The molecule has 1 unspecified atom stereocenters. The lowest BCUT2D eigenvalue weighted by Crippen LogP contribution is -2.34. The molecule has 1 aromatic rings. The molecule has 1 rings (SSSR count). The number of aryl methyl sites for hydroxylation is 2. The van der Waals surface area contributed by atoms with Crippen LogP contribution in [0.4, 0.5) is 0 Å². The SMILES string of the molecule is CCc1nn(CC)c(CN(CC)CC(C)C(=N)N)c1Br. The summed E-state index contributed by atoms with van der Waals surface area (Å²) in [5, 5.41) is 12.2. The Morgan fingerprint density at radius 3 is 2.55 bits per heavy atom. The Morgan fingerprint density at radius 1 is 1.45 bits per heavy atom. The molecule has 0 aliphatic heterocycles. The van der Waals surface area contributed by atoms with E-state index in [1.165, 1.54) is 5.69 Å². The first kappa shape index (κ1) is 17.2. The van der Waals surface area contributed by atoms with Gasteiger partial charge in [0.2, 0.25) is 0 Å². The molecule has 0 aromatic carbocycles. The molecule has 1 aromatic heterocycles. The molecule has 0 fully saturated rings. The third-order valence-electron chi connectivity index (χ3n) is 3.58. The summed E-state index contributed by atoms with van der Waals surface area (Å²) >= 11 is 3.68. The van der Waals surface area contributed by atoms with Gasteiger partial charge in [0, 0.05) is 25.6 Å². The van der Waals surface area contributed by atoms with Gasteiger partial charge in [-0.1, -0.05) is 20.8 Å². The van der Waals surface area contributed by atoms with E-state index >= 15 is 0 Å². The van der Waals surface area contributed by atoms with Crippen LogP contribution in [0.3, 0.4) is 0 Å². The van der Waals surface area contributed by atoms with Gasteiger partial charge in [-0.2, -0.15) is 5.10 Å². The summed E-state index contributed by atoms with van der Waals surface area (Å²) in [4.78, 5) is 2.30. The van der Waals surface area contributed by atoms with Crippen LogP contribution in [0.2, 0.25) is 0 Å². The van der Waals surface area contributed by atoms with Gasteiger partial charge in [0.05, 0.1) is 21.7 Å². The minimum Gasteiger partial charge on any atom is -0.387 e. The summed E-state index contributed by atoms with van der Waals surface area (Å²) in [5.74, 6) is 0.332. The zero-order valence-electron chi connectivity index (χ0n) is 12.9. The first-order chi connectivity index (χ1) is 9.44. The van der Waals surface area contributed by atoms with E-state index in [0.717, 1.165) is 42.8 Å². The molecular formula is C14H26BrN5. The monoisotopic (exact) mass is 343 g/mol. The number of aromatic nitrogens is 2. The predicted octanol–water partition coefficient (Wildman–Crippen LogP) is 2.62. The maximum Gasteiger partial charge on any atom is 0.0947 e. The number of nitrogens with one attached hydrogen (secondary N) is 1. The average Bonchev–Trinajstić information content (AvgIpc) is 2.73. The Kier molecular flexibility index (Phi) is 6.68. The van der Waals surface area contributed by atoms with Crippen molar-refractivity contribution in [3.05, 3.63) is 15.9 Å². The van der Waals surface area contributed by atoms with Crippen molar-refractivity contribution in [1.82, 2.24) is 14.7 Å². The first-order valence-corrected chi connectivity index (χ1v) is 8.04. The molecule has 6 heteroatoms. The Hall–Kier alpha value is -0.880. The first-order valence-electron chi connectivity index (χ1n) is 7.24. The number of hydrogen-bond donors (Lipinski definition) is 2. The van der Waals surface area contributed by atoms with Crippen molar-refractivity contribution in [1.29, 1.82) is 5.41 Å². The van der Waals surface area contributed by atoms with Gasteiger partial charge in [0.1, 0.15) is 0 Å². The lowest BCUT2D eigenvalue weighted by molar-refractivity contribution is 0.254. The molecule has 20 heavy (non-hydrogen) atoms. The summed E-state index contributed by atoms with van der Waals surface area (Å²) < 4.78 is 3.18. The second kappa shape index (κ2) is 7.78. The molecule has 0 saturated carbocycles. The predicted molar refractivity (Wildman–Crippen MR) is 87.0 cm³/mol. The van der Waals surface area contributed by atoms with Crippen LogP contribution in [0.5, 0.6) is 0 Å². The quantitative estimate of drug-likeness (QED) is 0.563. The number of rotatable bonds is 8. The van der Waals surface area contributed by atoms with Gasteiger partial charge >= 0.3 is 0 Å². The van der Waals surface area contributed by atoms with E-state index in [-0.39, 0.29) is 11.8 Å². The largest absolute Gasteiger partial charge is 0.387 e. The Balaban J connectivity index is 2.89. The normalized spacial score (nSPS) is 12.9. The van der Waals surface area contributed by atoms with E-state index in [4.69, 9.17) is 11.1 Å². The van der Waals surface area contributed by atoms with E-state index in [0.29, 0.717) is 0 Å². The maximum absolute atomic E-state index is 7.53. The van der Waals surface area contributed by atoms with Crippen molar-refractivity contribution >= 4 is 21.8 Å². The van der Waals surface area contributed by atoms with Gasteiger partial charge in [-0.3, -0.25) is 15.0 Å². The lowest BCUT2D eigenvalue weighted by Gasteiger charge is -2.24.